The van der Waals surface area contributed by atoms with Gasteiger partial charge in [-0.15, -0.1) is 0 Å². The van der Waals surface area contributed by atoms with Crippen molar-refractivity contribution in [2.45, 2.75) is 64.2 Å². The molecule has 0 saturated heterocycles. The second-order valence-corrected chi connectivity index (χ2v) is 11.8. The number of carboxylic acids is 1. The number of fused-ring (bicyclic) bond motifs is 5. The highest BCUT2D eigenvalue weighted by molar-refractivity contribution is 6.20. The Kier molecular flexibility index (Phi) is 5.21. The Bertz CT molecular complexity index is 1610. The number of carbonyl (C=O) groups excluding carboxylic acids is 1. The lowest BCUT2D eigenvalue weighted by Gasteiger charge is -2.38. The van der Waals surface area contributed by atoms with E-state index in [-0.39, 0.29) is 22.3 Å². The Morgan fingerprint density at radius 1 is 0.811 bits per heavy atom. The van der Waals surface area contributed by atoms with Crippen molar-refractivity contribution in [2.75, 3.05) is 0 Å². The van der Waals surface area contributed by atoms with Gasteiger partial charge >= 0.3 is 5.97 Å². The molecule has 0 aliphatic heterocycles. The third-order valence-corrected chi connectivity index (χ3v) is 8.58. The molecule has 3 aliphatic rings. The van der Waals surface area contributed by atoms with Crippen LogP contribution in [-0.2, 0) is 17.3 Å². The Balaban J connectivity index is 1.55. The zero-order valence-corrected chi connectivity index (χ0v) is 21.9. The first-order chi connectivity index (χ1) is 17.6. The largest absolute Gasteiger partial charge is 0.478 e. The average molecular weight is 489 g/mol. The van der Waals surface area contributed by atoms with Crippen molar-refractivity contribution in [3.8, 4) is 0 Å². The zero-order valence-electron chi connectivity index (χ0n) is 21.9. The van der Waals surface area contributed by atoms with Gasteiger partial charge in [-0.2, -0.15) is 0 Å². The Hall–Kier alpha value is -3.72. The van der Waals surface area contributed by atoms with Gasteiger partial charge in [-0.3, -0.25) is 4.79 Å². The van der Waals surface area contributed by atoms with E-state index in [0.29, 0.717) is 5.56 Å². The number of hydrogen-bond donors (Lipinski definition) is 1. The van der Waals surface area contributed by atoms with Gasteiger partial charge in [-0.25, -0.2) is 4.79 Å². The molecule has 3 heteroatoms. The van der Waals surface area contributed by atoms with Gasteiger partial charge in [0.05, 0.1) is 5.56 Å². The van der Waals surface area contributed by atoms with E-state index in [9.17, 15) is 14.7 Å². The number of carbonyl (C=O) groups is 2. The summed E-state index contributed by atoms with van der Waals surface area (Å²) in [6, 6.07) is 13.8. The molecule has 3 aromatic carbocycles. The molecule has 0 aromatic heterocycles. The van der Waals surface area contributed by atoms with Crippen molar-refractivity contribution in [3.05, 3.63) is 111 Å². The second kappa shape index (κ2) is 8.14. The molecular weight excluding hydrogens is 456 g/mol. The van der Waals surface area contributed by atoms with Gasteiger partial charge in [0.15, 0.2) is 5.78 Å². The molecule has 0 radical (unpaired) electrons. The number of hydrogen-bond acceptors (Lipinski definition) is 2. The highest BCUT2D eigenvalue weighted by Gasteiger charge is 2.38. The van der Waals surface area contributed by atoms with Crippen LogP contribution in [0.1, 0.15) is 95.5 Å². The zero-order chi connectivity index (χ0) is 26.1. The number of carboxylic acid groups (broad SMARTS) is 1. The van der Waals surface area contributed by atoms with E-state index < -0.39 is 11.4 Å². The highest BCUT2D eigenvalue weighted by Crippen LogP contribution is 2.45. The molecular formula is C34H32O3. The molecule has 0 bridgehead atoms. The van der Waals surface area contributed by atoms with Gasteiger partial charge in [-0.05, 0) is 70.3 Å². The molecule has 3 aliphatic carbocycles. The van der Waals surface area contributed by atoms with E-state index in [4.69, 9.17) is 0 Å². The maximum atomic E-state index is 14.1. The minimum atomic E-state index is -1.06. The molecule has 0 saturated carbocycles. The summed E-state index contributed by atoms with van der Waals surface area (Å²) in [6.07, 6.45) is 13.0. The lowest BCUT2D eigenvalue weighted by atomic mass is 9.65. The van der Waals surface area contributed by atoms with Gasteiger partial charge in [0, 0.05) is 22.0 Å². The fraction of sp³-hybridized carbons (Fsp3) is 0.294. The van der Waals surface area contributed by atoms with Crippen LogP contribution >= 0.6 is 0 Å². The average Bonchev–Trinajstić information content (AvgIpc) is 2.89. The number of rotatable bonds is 3. The van der Waals surface area contributed by atoms with Crippen molar-refractivity contribution in [1.29, 1.82) is 0 Å². The van der Waals surface area contributed by atoms with Crippen LogP contribution in [0.2, 0.25) is 0 Å². The van der Waals surface area contributed by atoms with Gasteiger partial charge in [0.25, 0.3) is 0 Å². The SMILES string of the molecule is CC1(C)C=CC(C)(C)c2c1ccc(C(=O)c1cccc3c4c(ccc13)C1=C(CCC=C1)CC4)c2C(=O)O. The van der Waals surface area contributed by atoms with E-state index in [1.165, 1.54) is 22.3 Å². The molecule has 37 heavy (non-hydrogen) atoms. The van der Waals surface area contributed by atoms with Crippen LogP contribution in [0, 0.1) is 0 Å². The molecule has 3 aromatic rings. The van der Waals surface area contributed by atoms with Crippen LogP contribution in [0.15, 0.2) is 72.3 Å². The predicted octanol–water partition coefficient (Wildman–Crippen LogP) is 7.94. The predicted molar refractivity (Wildman–Crippen MR) is 150 cm³/mol. The standard InChI is InChI=1S/C34H32O3/c1-33(2)18-19-34(3,4)30-28(33)17-16-27(29(30)32(36)37)31(35)26-11-7-10-22-24-13-12-20-8-5-6-9-21(20)23(24)14-15-25(22)26/h6-7,9-11,14-19H,5,8,12-13H2,1-4H3,(H,36,37). The van der Waals surface area contributed by atoms with Crippen molar-refractivity contribution in [2.24, 2.45) is 0 Å². The molecule has 3 nitrogen and oxygen atoms in total. The van der Waals surface area contributed by atoms with Crippen molar-refractivity contribution < 1.29 is 14.7 Å². The summed E-state index contributed by atoms with van der Waals surface area (Å²) < 4.78 is 0. The number of allylic oxidation sites excluding steroid dienone is 6. The molecule has 186 valence electrons. The van der Waals surface area contributed by atoms with Crippen molar-refractivity contribution in [3.63, 3.8) is 0 Å². The maximum Gasteiger partial charge on any atom is 0.336 e. The van der Waals surface area contributed by atoms with Crippen molar-refractivity contribution in [1.82, 2.24) is 0 Å². The van der Waals surface area contributed by atoms with Gasteiger partial charge < -0.3 is 5.11 Å². The second-order valence-electron chi connectivity index (χ2n) is 11.8. The summed E-state index contributed by atoms with van der Waals surface area (Å²) in [5, 5.41) is 12.4. The smallest absolute Gasteiger partial charge is 0.336 e. The minimum Gasteiger partial charge on any atom is -0.478 e. The first-order valence-electron chi connectivity index (χ1n) is 13.2. The summed E-state index contributed by atoms with van der Waals surface area (Å²) in [7, 11) is 0. The Morgan fingerprint density at radius 2 is 1.59 bits per heavy atom. The topological polar surface area (TPSA) is 54.4 Å². The van der Waals surface area contributed by atoms with Crippen LogP contribution in [0.25, 0.3) is 16.3 Å². The maximum absolute atomic E-state index is 14.1. The van der Waals surface area contributed by atoms with E-state index >= 15 is 0 Å². The molecule has 0 amide bonds. The normalized spacial score (nSPS) is 18.8. The number of benzene rings is 3. The first kappa shape index (κ1) is 23.7. The van der Waals surface area contributed by atoms with Gasteiger partial charge in [0.1, 0.15) is 0 Å². The van der Waals surface area contributed by atoms with Crippen LogP contribution in [0.5, 0.6) is 0 Å². The van der Waals surface area contributed by atoms with E-state index in [2.05, 4.69) is 56.4 Å². The van der Waals surface area contributed by atoms with Gasteiger partial charge in [-0.1, -0.05) is 94.0 Å². The summed E-state index contributed by atoms with van der Waals surface area (Å²) >= 11 is 0. The third-order valence-electron chi connectivity index (χ3n) is 8.58. The van der Waals surface area contributed by atoms with Crippen LogP contribution in [0.3, 0.4) is 0 Å². The molecule has 1 N–H and O–H groups in total. The number of aryl methyl sites for hydroxylation is 1. The molecule has 0 spiro atoms. The molecule has 0 atom stereocenters. The lowest BCUT2D eigenvalue weighted by Crippen LogP contribution is -2.32. The number of aromatic carboxylic acids is 1. The summed E-state index contributed by atoms with van der Waals surface area (Å²) in [5.41, 5.74) is 7.27. The quantitative estimate of drug-likeness (QED) is 0.301. The lowest BCUT2D eigenvalue weighted by molar-refractivity contribution is 0.0690. The fourth-order valence-corrected chi connectivity index (χ4v) is 6.62. The minimum absolute atomic E-state index is 0.127. The van der Waals surface area contributed by atoms with Crippen LogP contribution < -0.4 is 0 Å². The highest BCUT2D eigenvalue weighted by atomic mass is 16.4. The van der Waals surface area contributed by atoms with Crippen molar-refractivity contribution >= 4 is 28.1 Å². The Morgan fingerprint density at radius 3 is 2.38 bits per heavy atom. The van der Waals surface area contributed by atoms with Crippen LogP contribution in [-0.4, -0.2) is 16.9 Å². The van der Waals surface area contributed by atoms with E-state index in [0.717, 1.165) is 47.6 Å². The first-order valence-corrected chi connectivity index (χ1v) is 13.2. The summed E-state index contributed by atoms with van der Waals surface area (Å²) in [5.74, 6) is -1.29. The fourth-order valence-electron chi connectivity index (χ4n) is 6.62. The summed E-state index contributed by atoms with van der Waals surface area (Å²) in [4.78, 5) is 26.9. The summed E-state index contributed by atoms with van der Waals surface area (Å²) in [6.45, 7) is 8.21. The van der Waals surface area contributed by atoms with E-state index in [1.807, 2.05) is 32.0 Å². The van der Waals surface area contributed by atoms with Crippen LogP contribution in [0.4, 0.5) is 0 Å². The third kappa shape index (κ3) is 3.55. The molecule has 0 fully saturated rings. The monoisotopic (exact) mass is 488 g/mol. The number of ketones is 1. The van der Waals surface area contributed by atoms with E-state index in [1.54, 1.807) is 6.07 Å². The molecule has 6 rings (SSSR count). The molecule has 0 heterocycles. The van der Waals surface area contributed by atoms with Gasteiger partial charge in [0.2, 0.25) is 0 Å². The molecule has 0 unspecified atom stereocenters. The Labute approximate surface area is 218 Å².